The van der Waals surface area contributed by atoms with Gasteiger partial charge in [0.1, 0.15) is 6.04 Å². The van der Waals surface area contributed by atoms with Crippen LogP contribution < -0.4 is 10.6 Å². The largest absolute Gasteiger partial charge is 0.343 e. The van der Waals surface area contributed by atoms with Crippen molar-refractivity contribution in [3.8, 4) is 6.07 Å². The summed E-state index contributed by atoms with van der Waals surface area (Å²) in [6, 6.07) is 7.19. The Morgan fingerprint density at radius 3 is 2.43 bits per heavy atom. The topological polar surface area (TPSA) is 82.0 Å². The van der Waals surface area contributed by atoms with Gasteiger partial charge in [-0.15, -0.1) is 0 Å². The Balaban J connectivity index is 1.85. The van der Waals surface area contributed by atoms with E-state index in [-0.39, 0.29) is 24.3 Å². The fraction of sp³-hybridized carbons (Fsp3) is 0.438. The molecule has 1 aliphatic carbocycles. The first-order valence-corrected chi connectivity index (χ1v) is 7.05. The highest BCUT2D eigenvalue weighted by atomic mass is 16.2. The van der Waals surface area contributed by atoms with Crippen LogP contribution in [0.2, 0.25) is 0 Å². The average molecular weight is 285 g/mol. The summed E-state index contributed by atoms with van der Waals surface area (Å²) in [4.78, 5) is 23.7. The molecule has 5 heteroatoms. The normalized spacial score (nSPS) is 14.9. The molecule has 0 radical (unpaired) electrons. The average Bonchev–Trinajstić information content (AvgIpc) is 3.25. The molecule has 1 aliphatic rings. The van der Waals surface area contributed by atoms with Gasteiger partial charge in [0.15, 0.2) is 0 Å². The van der Waals surface area contributed by atoms with Gasteiger partial charge in [-0.05, 0) is 44.7 Å². The van der Waals surface area contributed by atoms with E-state index >= 15 is 0 Å². The van der Waals surface area contributed by atoms with E-state index in [2.05, 4.69) is 16.7 Å². The molecule has 0 unspecified atom stereocenters. The number of nitriles is 1. The zero-order valence-corrected chi connectivity index (χ0v) is 12.3. The molecule has 1 saturated carbocycles. The molecule has 21 heavy (non-hydrogen) atoms. The Hall–Kier alpha value is -2.35. The first kappa shape index (κ1) is 15.0. The molecule has 1 fully saturated rings. The standard InChI is InChI=1S/C16H19N3O2/c1-10-5-11(2)7-13(6-10)16(21)18-9-15(20)19-14(8-17)12-3-4-12/h5-7,12,14H,3-4,9H2,1-2H3,(H,18,21)(H,19,20)/t14-/m1/s1. The fourth-order valence-corrected chi connectivity index (χ4v) is 2.28. The van der Waals surface area contributed by atoms with Gasteiger partial charge in [0.25, 0.3) is 5.91 Å². The summed E-state index contributed by atoms with van der Waals surface area (Å²) in [5.41, 5.74) is 2.55. The second kappa shape index (κ2) is 6.40. The van der Waals surface area contributed by atoms with Crippen molar-refractivity contribution in [2.75, 3.05) is 6.54 Å². The fourth-order valence-electron chi connectivity index (χ4n) is 2.28. The summed E-state index contributed by atoms with van der Waals surface area (Å²) in [5, 5.41) is 14.2. The number of hydrogen-bond donors (Lipinski definition) is 2. The molecule has 0 heterocycles. The predicted octanol–water partition coefficient (Wildman–Crippen LogP) is 1.45. The maximum atomic E-state index is 12.0. The Bertz CT molecular complexity index is 580. The van der Waals surface area contributed by atoms with Crippen LogP contribution in [-0.4, -0.2) is 24.4 Å². The van der Waals surface area contributed by atoms with Gasteiger partial charge in [-0.25, -0.2) is 0 Å². The molecular weight excluding hydrogens is 266 g/mol. The van der Waals surface area contributed by atoms with E-state index in [1.54, 1.807) is 12.1 Å². The molecule has 2 amide bonds. The van der Waals surface area contributed by atoms with E-state index in [1.807, 2.05) is 19.9 Å². The van der Waals surface area contributed by atoms with Gasteiger partial charge >= 0.3 is 0 Å². The Kier molecular flexibility index (Phi) is 4.59. The highest BCUT2D eigenvalue weighted by Crippen LogP contribution is 2.32. The monoisotopic (exact) mass is 285 g/mol. The van der Waals surface area contributed by atoms with Crippen LogP contribution >= 0.6 is 0 Å². The highest BCUT2D eigenvalue weighted by Gasteiger charge is 2.32. The molecule has 1 aromatic carbocycles. The molecule has 0 aliphatic heterocycles. The quantitative estimate of drug-likeness (QED) is 0.859. The van der Waals surface area contributed by atoms with Gasteiger partial charge < -0.3 is 10.6 Å². The Morgan fingerprint density at radius 2 is 1.90 bits per heavy atom. The minimum absolute atomic E-state index is 0.114. The summed E-state index contributed by atoms with van der Waals surface area (Å²) in [7, 11) is 0. The van der Waals surface area contributed by atoms with Crippen LogP contribution in [0.4, 0.5) is 0 Å². The Morgan fingerprint density at radius 1 is 1.29 bits per heavy atom. The van der Waals surface area contributed by atoms with Gasteiger partial charge in [0, 0.05) is 5.56 Å². The maximum absolute atomic E-state index is 12.0. The first-order chi connectivity index (χ1) is 9.99. The molecule has 5 nitrogen and oxygen atoms in total. The van der Waals surface area contributed by atoms with Crippen molar-refractivity contribution < 1.29 is 9.59 Å². The number of rotatable bonds is 5. The van der Waals surface area contributed by atoms with Crippen LogP contribution in [0.25, 0.3) is 0 Å². The van der Waals surface area contributed by atoms with E-state index < -0.39 is 6.04 Å². The van der Waals surface area contributed by atoms with Gasteiger partial charge in [0.2, 0.25) is 5.91 Å². The van der Waals surface area contributed by atoms with E-state index in [0.717, 1.165) is 24.0 Å². The van der Waals surface area contributed by atoms with Crippen LogP contribution in [0.15, 0.2) is 18.2 Å². The smallest absolute Gasteiger partial charge is 0.251 e. The molecule has 110 valence electrons. The van der Waals surface area contributed by atoms with E-state index in [4.69, 9.17) is 5.26 Å². The van der Waals surface area contributed by atoms with Crippen molar-refractivity contribution in [2.45, 2.75) is 32.7 Å². The predicted molar refractivity (Wildman–Crippen MR) is 78.5 cm³/mol. The van der Waals surface area contributed by atoms with Crippen molar-refractivity contribution >= 4 is 11.8 Å². The van der Waals surface area contributed by atoms with E-state index in [9.17, 15) is 9.59 Å². The number of benzene rings is 1. The summed E-state index contributed by atoms with van der Waals surface area (Å²) >= 11 is 0. The molecular formula is C16H19N3O2. The third kappa shape index (κ3) is 4.32. The van der Waals surface area contributed by atoms with Crippen molar-refractivity contribution in [2.24, 2.45) is 5.92 Å². The summed E-state index contributed by atoms with van der Waals surface area (Å²) < 4.78 is 0. The third-order valence-electron chi connectivity index (χ3n) is 3.44. The molecule has 2 N–H and O–H groups in total. The van der Waals surface area contributed by atoms with Crippen LogP contribution in [0, 0.1) is 31.1 Å². The minimum atomic E-state index is -0.435. The van der Waals surface area contributed by atoms with Crippen molar-refractivity contribution in [3.63, 3.8) is 0 Å². The van der Waals surface area contributed by atoms with Crippen molar-refractivity contribution in [1.82, 2.24) is 10.6 Å². The molecule has 1 atom stereocenters. The third-order valence-corrected chi connectivity index (χ3v) is 3.44. The van der Waals surface area contributed by atoms with E-state index in [1.165, 1.54) is 0 Å². The summed E-state index contributed by atoms with van der Waals surface area (Å²) in [5.74, 6) is -0.336. The summed E-state index contributed by atoms with van der Waals surface area (Å²) in [6.07, 6.45) is 1.96. The maximum Gasteiger partial charge on any atom is 0.251 e. The lowest BCUT2D eigenvalue weighted by atomic mass is 10.1. The molecule has 0 spiro atoms. The zero-order chi connectivity index (χ0) is 15.4. The lowest BCUT2D eigenvalue weighted by Crippen LogP contribution is -2.42. The van der Waals surface area contributed by atoms with Crippen LogP contribution in [0.3, 0.4) is 0 Å². The second-order valence-corrected chi connectivity index (χ2v) is 5.57. The van der Waals surface area contributed by atoms with Crippen molar-refractivity contribution in [1.29, 1.82) is 5.26 Å². The molecule has 1 aromatic rings. The molecule has 0 saturated heterocycles. The number of aryl methyl sites for hydroxylation is 2. The molecule has 2 rings (SSSR count). The lowest BCUT2D eigenvalue weighted by molar-refractivity contribution is -0.120. The lowest BCUT2D eigenvalue weighted by Gasteiger charge is -2.11. The SMILES string of the molecule is Cc1cc(C)cc(C(=O)NCC(=O)N[C@H](C#N)C2CC2)c1. The first-order valence-electron chi connectivity index (χ1n) is 7.05. The number of hydrogen-bond acceptors (Lipinski definition) is 3. The van der Waals surface area contributed by atoms with Gasteiger partial charge in [0.05, 0.1) is 12.6 Å². The highest BCUT2D eigenvalue weighted by molar-refractivity contribution is 5.96. The summed E-state index contributed by atoms with van der Waals surface area (Å²) in [6.45, 7) is 3.73. The van der Waals surface area contributed by atoms with Crippen LogP contribution in [-0.2, 0) is 4.79 Å². The molecule has 0 aromatic heterocycles. The number of carbonyl (C=O) groups is 2. The van der Waals surface area contributed by atoms with Crippen LogP contribution in [0.1, 0.15) is 34.3 Å². The van der Waals surface area contributed by atoms with E-state index in [0.29, 0.717) is 5.56 Å². The number of carbonyl (C=O) groups excluding carboxylic acids is 2. The van der Waals surface area contributed by atoms with Crippen molar-refractivity contribution in [3.05, 3.63) is 34.9 Å². The van der Waals surface area contributed by atoms with Gasteiger partial charge in [-0.1, -0.05) is 17.2 Å². The number of nitrogens with one attached hydrogen (secondary N) is 2. The molecule has 0 bridgehead atoms. The van der Waals surface area contributed by atoms with Crippen LogP contribution in [0.5, 0.6) is 0 Å². The number of amides is 2. The minimum Gasteiger partial charge on any atom is -0.343 e. The number of nitrogens with zero attached hydrogens (tertiary/aromatic N) is 1. The van der Waals surface area contributed by atoms with Gasteiger partial charge in [-0.2, -0.15) is 5.26 Å². The zero-order valence-electron chi connectivity index (χ0n) is 12.3. The second-order valence-electron chi connectivity index (χ2n) is 5.57. The Labute approximate surface area is 124 Å². The van der Waals surface area contributed by atoms with Gasteiger partial charge in [-0.3, -0.25) is 9.59 Å².